The van der Waals surface area contributed by atoms with Gasteiger partial charge in [0.05, 0.1) is 19.5 Å². The maximum atomic E-state index is 11.4. The maximum absolute atomic E-state index is 11.4. The molecule has 2 atom stereocenters. The van der Waals surface area contributed by atoms with Gasteiger partial charge in [-0.05, 0) is 24.6 Å². The van der Waals surface area contributed by atoms with Crippen LogP contribution in [0, 0.1) is 0 Å². The van der Waals surface area contributed by atoms with Gasteiger partial charge in [0.2, 0.25) is 5.91 Å². The van der Waals surface area contributed by atoms with Crippen LogP contribution in [-0.4, -0.2) is 25.4 Å². The first-order valence-corrected chi connectivity index (χ1v) is 6.27. The average molecular weight is 253 g/mol. The molecular formula is C12H15NO3S. The second kappa shape index (κ2) is 4.87. The Bertz CT molecular complexity index is 436. The van der Waals surface area contributed by atoms with Crippen molar-refractivity contribution in [1.29, 1.82) is 0 Å². The number of benzene rings is 1. The molecule has 0 saturated carbocycles. The zero-order valence-corrected chi connectivity index (χ0v) is 10.8. The molecule has 1 heterocycles. The molecule has 2 rings (SSSR count). The molecule has 1 aliphatic heterocycles. The normalized spacial score (nSPS) is 23.4. The topological polar surface area (TPSA) is 47.6 Å². The van der Waals surface area contributed by atoms with E-state index in [2.05, 4.69) is 5.32 Å². The predicted octanol–water partition coefficient (Wildman–Crippen LogP) is 1.95. The molecule has 1 aromatic rings. The third-order valence-corrected chi connectivity index (χ3v) is 3.98. The van der Waals surface area contributed by atoms with Gasteiger partial charge in [0, 0.05) is 0 Å². The Hall–Kier alpha value is -1.36. The largest absolute Gasteiger partial charge is 0.493 e. The molecule has 92 valence electrons. The van der Waals surface area contributed by atoms with Gasteiger partial charge in [0.15, 0.2) is 11.5 Å². The van der Waals surface area contributed by atoms with Crippen molar-refractivity contribution in [2.45, 2.75) is 17.5 Å². The van der Waals surface area contributed by atoms with Gasteiger partial charge < -0.3 is 14.8 Å². The van der Waals surface area contributed by atoms with Crippen molar-refractivity contribution in [2.75, 3.05) is 14.2 Å². The molecular weight excluding hydrogens is 238 g/mol. The zero-order chi connectivity index (χ0) is 12.4. The fraction of sp³-hybridized carbons (Fsp3) is 0.417. The summed E-state index contributed by atoms with van der Waals surface area (Å²) in [7, 11) is 3.20. The van der Waals surface area contributed by atoms with Crippen molar-refractivity contribution in [3.63, 3.8) is 0 Å². The Balaban J connectivity index is 2.25. The summed E-state index contributed by atoms with van der Waals surface area (Å²) in [6.07, 6.45) is 0. The highest BCUT2D eigenvalue weighted by atomic mass is 32.2. The van der Waals surface area contributed by atoms with Crippen LogP contribution in [0.25, 0.3) is 0 Å². The van der Waals surface area contributed by atoms with E-state index in [4.69, 9.17) is 9.47 Å². The molecule has 1 fully saturated rings. The van der Waals surface area contributed by atoms with Gasteiger partial charge in [-0.15, -0.1) is 11.8 Å². The number of methoxy groups -OCH3 is 2. The number of amides is 1. The first-order chi connectivity index (χ1) is 8.15. The van der Waals surface area contributed by atoms with Gasteiger partial charge in [-0.2, -0.15) is 0 Å². The SMILES string of the molecule is COc1ccc([C@H]2NC(=O)[C@H](C)S2)cc1OC. The van der Waals surface area contributed by atoms with Gasteiger partial charge in [-0.1, -0.05) is 6.07 Å². The van der Waals surface area contributed by atoms with Gasteiger partial charge >= 0.3 is 0 Å². The third kappa shape index (κ3) is 2.34. The predicted molar refractivity (Wildman–Crippen MR) is 67.5 cm³/mol. The second-order valence-corrected chi connectivity index (χ2v) is 5.23. The smallest absolute Gasteiger partial charge is 0.234 e. The summed E-state index contributed by atoms with van der Waals surface area (Å²) in [6, 6.07) is 5.69. The van der Waals surface area contributed by atoms with E-state index in [0.29, 0.717) is 11.5 Å². The number of carbonyl (C=O) groups excluding carboxylic acids is 1. The fourth-order valence-corrected chi connectivity index (χ4v) is 2.81. The van der Waals surface area contributed by atoms with Crippen LogP contribution >= 0.6 is 11.8 Å². The van der Waals surface area contributed by atoms with Crippen molar-refractivity contribution >= 4 is 17.7 Å². The second-order valence-electron chi connectivity index (χ2n) is 3.78. The van der Waals surface area contributed by atoms with Gasteiger partial charge in [-0.3, -0.25) is 4.79 Å². The molecule has 0 aliphatic carbocycles. The van der Waals surface area contributed by atoms with Gasteiger partial charge in [-0.25, -0.2) is 0 Å². The number of ether oxygens (including phenoxy) is 2. The Morgan fingerprint density at radius 2 is 1.94 bits per heavy atom. The highest BCUT2D eigenvalue weighted by Gasteiger charge is 2.30. The Labute approximate surface area is 105 Å². The number of hydrogen-bond acceptors (Lipinski definition) is 4. The van der Waals surface area contributed by atoms with E-state index in [9.17, 15) is 4.79 Å². The molecule has 0 aromatic heterocycles. The lowest BCUT2D eigenvalue weighted by atomic mass is 10.2. The lowest BCUT2D eigenvalue weighted by Gasteiger charge is -2.13. The minimum Gasteiger partial charge on any atom is -0.493 e. The van der Waals surface area contributed by atoms with Crippen molar-refractivity contribution in [3.8, 4) is 11.5 Å². The third-order valence-electron chi connectivity index (χ3n) is 2.69. The summed E-state index contributed by atoms with van der Waals surface area (Å²) in [6.45, 7) is 1.90. The highest BCUT2D eigenvalue weighted by molar-refractivity contribution is 8.01. The van der Waals surface area contributed by atoms with E-state index in [-0.39, 0.29) is 16.5 Å². The van der Waals surface area contributed by atoms with E-state index < -0.39 is 0 Å². The summed E-state index contributed by atoms with van der Waals surface area (Å²) in [5.41, 5.74) is 1.02. The average Bonchev–Trinajstić information content (AvgIpc) is 2.68. The Kier molecular flexibility index (Phi) is 3.47. The molecule has 17 heavy (non-hydrogen) atoms. The zero-order valence-electron chi connectivity index (χ0n) is 10.0. The van der Waals surface area contributed by atoms with Crippen LogP contribution in [0.5, 0.6) is 11.5 Å². The summed E-state index contributed by atoms with van der Waals surface area (Å²) < 4.78 is 10.4. The summed E-state index contributed by atoms with van der Waals surface area (Å²) in [5.74, 6) is 1.45. The molecule has 5 heteroatoms. The molecule has 1 saturated heterocycles. The monoisotopic (exact) mass is 253 g/mol. The van der Waals surface area contributed by atoms with E-state index in [1.54, 1.807) is 26.0 Å². The van der Waals surface area contributed by atoms with Crippen LogP contribution in [0.15, 0.2) is 18.2 Å². The molecule has 1 N–H and O–H groups in total. The van der Waals surface area contributed by atoms with Crippen LogP contribution in [0.3, 0.4) is 0 Å². The van der Waals surface area contributed by atoms with Crippen LogP contribution in [0.4, 0.5) is 0 Å². The Morgan fingerprint density at radius 3 is 2.47 bits per heavy atom. The molecule has 1 amide bonds. The molecule has 1 aromatic carbocycles. The quantitative estimate of drug-likeness (QED) is 0.894. The molecule has 0 bridgehead atoms. The summed E-state index contributed by atoms with van der Waals surface area (Å²) in [4.78, 5) is 11.4. The first-order valence-electron chi connectivity index (χ1n) is 5.33. The van der Waals surface area contributed by atoms with Gasteiger partial charge in [0.1, 0.15) is 5.37 Å². The standard InChI is InChI=1S/C12H15NO3S/c1-7-11(14)13-12(17-7)8-4-5-9(15-2)10(6-8)16-3/h4-7,12H,1-3H3,(H,13,14)/t7-,12-/m0/s1. The van der Waals surface area contributed by atoms with Crippen LogP contribution in [-0.2, 0) is 4.79 Å². The van der Waals surface area contributed by atoms with E-state index in [1.165, 1.54) is 0 Å². The van der Waals surface area contributed by atoms with Crippen LogP contribution < -0.4 is 14.8 Å². The van der Waals surface area contributed by atoms with E-state index in [0.717, 1.165) is 5.56 Å². The van der Waals surface area contributed by atoms with Crippen molar-refractivity contribution in [2.24, 2.45) is 0 Å². The minimum atomic E-state index is -0.00639. The number of thioether (sulfide) groups is 1. The Morgan fingerprint density at radius 1 is 1.24 bits per heavy atom. The fourth-order valence-electron chi connectivity index (χ4n) is 1.72. The lowest BCUT2D eigenvalue weighted by molar-refractivity contribution is -0.119. The summed E-state index contributed by atoms with van der Waals surface area (Å²) in [5, 5.41) is 2.93. The summed E-state index contributed by atoms with van der Waals surface area (Å²) >= 11 is 1.60. The maximum Gasteiger partial charge on any atom is 0.234 e. The molecule has 0 radical (unpaired) electrons. The van der Waals surface area contributed by atoms with Crippen LogP contribution in [0.2, 0.25) is 0 Å². The molecule has 4 nitrogen and oxygen atoms in total. The number of carbonyl (C=O) groups is 1. The van der Waals surface area contributed by atoms with Crippen molar-refractivity contribution < 1.29 is 14.3 Å². The van der Waals surface area contributed by atoms with Crippen molar-refractivity contribution in [3.05, 3.63) is 23.8 Å². The van der Waals surface area contributed by atoms with E-state index in [1.807, 2.05) is 25.1 Å². The number of nitrogens with one attached hydrogen (secondary N) is 1. The highest BCUT2D eigenvalue weighted by Crippen LogP contribution is 2.38. The number of hydrogen-bond donors (Lipinski definition) is 1. The number of rotatable bonds is 3. The molecule has 0 spiro atoms. The van der Waals surface area contributed by atoms with Gasteiger partial charge in [0.25, 0.3) is 0 Å². The molecule has 1 aliphatic rings. The van der Waals surface area contributed by atoms with Crippen molar-refractivity contribution in [1.82, 2.24) is 5.32 Å². The van der Waals surface area contributed by atoms with Crippen LogP contribution in [0.1, 0.15) is 17.9 Å². The lowest BCUT2D eigenvalue weighted by Crippen LogP contribution is -2.22. The van der Waals surface area contributed by atoms with E-state index >= 15 is 0 Å². The first kappa shape index (κ1) is 12.1. The molecule has 0 unspecified atom stereocenters. The minimum absolute atomic E-state index is 0.00249.